The van der Waals surface area contributed by atoms with Gasteiger partial charge in [-0.2, -0.15) is 5.26 Å². The quantitative estimate of drug-likeness (QED) is 0.771. The first-order valence-electron chi connectivity index (χ1n) is 6.69. The van der Waals surface area contributed by atoms with Crippen LogP contribution in [0.5, 0.6) is 0 Å². The summed E-state index contributed by atoms with van der Waals surface area (Å²) in [5.74, 6) is 0. The first-order chi connectivity index (χ1) is 9.38. The molecule has 0 atom stereocenters. The largest absolute Gasteiger partial charge is 0.354 e. The smallest absolute Gasteiger partial charge is 0.0991 e. The third-order valence-electron chi connectivity index (χ3n) is 3.10. The average molecular weight is 253 g/mol. The van der Waals surface area contributed by atoms with Gasteiger partial charge in [0, 0.05) is 25.5 Å². The molecule has 98 valence electrons. The molecule has 0 aliphatic rings. The monoisotopic (exact) mass is 253 g/mol. The van der Waals surface area contributed by atoms with E-state index >= 15 is 0 Å². The van der Waals surface area contributed by atoms with Gasteiger partial charge < -0.3 is 9.88 Å². The summed E-state index contributed by atoms with van der Waals surface area (Å²) in [6.45, 7) is 2.99. The Bertz CT molecular complexity index is 506. The van der Waals surface area contributed by atoms with Crippen molar-refractivity contribution in [1.29, 1.82) is 5.26 Å². The standard InChI is InChI=1S/C16H19N3/c17-13-15-5-7-16(8-6-15)14-18-9-1-2-10-19-11-3-4-12-19/h3-8,11-12,18H,1-2,9-10,14H2. The molecule has 19 heavy (non-hydrogen) atoms. The molecule has 1 aromatic carbocycles. The van der Waals surface area contributed by atoms with Gasteiger partial charge in [0.1, 0.15) is 0 Å². The second-order valence-corrected chi connectivity index (χ2v) is 4.61. The molecule has 0 saturated carbocycles. The first kappa shape index (κ1) is 13.4. The van der Waals surface area contributed by atoms with Gasteiger partial charge in [0.05, 0.1) is 11.6 Å². The van der Waals surface area contributed by atoms with E-state index in [0.29, 0.717) is 0 Å². The highest BCUT2D eigenvalue weighted by Gasteiger charge is 1.94. The Hall–Kier alpha value is -2.05. The number of hydrogen-bond donors (Lipinski definition) is 1. The number of nitrogens with zero attached hydrogens (tertiary/aromatic N) is 2. The fraction of sp³-hybridized carbons (Fsp3) is 0.312. The first-order valence-corrected chi connectivity index (χ1v) is 6.69. The van der Waals surface area contributed by atoms with Gasteiger partial charge in [0.25, 0.3) is 0 Å². The van der Waals surface area contributed by atoms with E-state index in [1.54, 1.807) is 0 Å². The van der Waals surface area contributed by atoms with E-state index in [-0.39, 0.29) is 0 Å². The normalized spacial score (nSPS) is 10.3. The van der Waals surface area contributed by atoms with E-state index in [4.69, 9.17) is 5.26 Å². The maximum Gasteiger partial charge on any atom is 0.0991 e. The summed E-state index contributed by atoms with van der Waals surface area (Å²) in [6, 6.07) is 14.0. The number of aromatic nitrogens is 1. The molecule has 0 aliphatic heterocycles. The summed E-state index contributed by atoms with van der Waals surface area (Å²) in [4.78, 5) is 0. The zero-order valence-electron chi connectivity index (χ0n) is 11.0. The maximum atomic E-state index is 8.71. The van der Waals surface area contributed by atoms with E-state index in [1.165, 1.54) is 18.4 Å². The van der Waals surface area contributed by atoms with Crippen LogP contribution in [-0.4, -0.2) is 11.1 Å². The molecular formula is C16H19N3. The van der Waals surface area contributed by atoms with E-state index < -0.39 is 0 Å². The number of benzene rings is 1. The highest BCUT2D eigenvalue weighted by molar-refractivity contribution is 5.31. The van der Waals surface area contributed by atoms with Crippen LogP contribution in [0.1, 0.15) is 24.0 Å². The zero-order chi connectivity index (χ0) is 13.3. The molecule has 0 radical (unpaired) electrons. The van der Waals surface area contributed by atoms with Crippen molar-refractivity contribution in [2.75, 3.05) is 6.54 Å². The van der Waals surface area contributed by atoms with Crippen LogP contribution in [0.2, 0.25) is 0 Å². The number of nitriles is 1. The molecule has 0 amide bonds. The molecule has 0 fully saturated rings. The number of nitrogens with one attached hydrogen (secondary N) is 1. The molecule has 2 rings (SSSR count). The van der Waals surface area contributed by atoms with Crippen molar-refractivity contribution in [3.8, 4) is 6.07 Å². The Morgan fingerprint density at radius 1 is 1.05 bits per heavy atom. The second kappa shape index (κ2) is 7.40. The van der Waals surface area contributed by atoms with E-state index in [1.807, 2.05) is 24.3 Å². The van der Waals surface area contributed by atoms with Gasteiger partial charge in [-0.3, -0.25) is 0 Å². The average Bonchev–Trinajstić information content (AvgIpc) is 2.96. The van der Waals surface area contributed by atoms with Crippen molar-refractivity contribution in [2.24, 2.45) is 0 Å². The fourth-order valence-corrected chi connectivity index (χ4v) is 1.99. The minimum absolute atomic E-state index is 0.718. The number of unbranched alkanes of at least 4 members (excludes halogenated alkanes) is 1. The summed E-state index contributed by atoms with van der Waals surface area (Å²) >= 11 is 0. The lowest BCUT2D eigenvalue weighted by atomic mass is 10.1. The predicted molar refractivity (Wildman–Crippen MR) is 76.5 cm³/mol. The molecule has 0 aliphatic carbocycles. The number of aryl methyl sites for hydroxylation is 1. The van der Waals surface area contributed by atoms with Crippen LogP contribution in [0, 0.1) is 11.3 Å². The van der Waals surface area contributed by atoms with Crippen LogP contribution in [0.25, 0.3) is 0 Å². The molecule has 0 unspecified atom stereocenters. The Morgan fingerprint density at radius 3 is 2.47 bits per heavy atom. The van der Waals surface area contributed by atoms with Crippen molar-refractivity contribution < 1.29 is 0 Å². The van der Waals surface area contributed by atoms with Crippen molar-refractivity contribution in [2.45, 2.75) is 25.9 Å². The van der Waals surface area contributed by atoms with Crippen LogP contribution < -0.4 is 5.32 Å². The van der Waals surface area contributed by atoms with Gasteiger partial charge in [0.2, 0.25) is 0 Å². The van der Waals surface area contributed by atoms with Crippen LogP contribution in [0.15, 0.2) is 48.8 Å². The van der Waals surface area contributed by atoms with E-state index in [2.05, 4.69) is 40.5 Å². The summed E-state index contributed by atoms with van der Waals surface area (Å²) < 4.78 is 2.21. The Labute approximate surface area is 114 Å². The third-order valence-corrected chi connectivity index (χ3v) is 3.10. The van der Waals surface area contributed by atoms with Crippen molar-refractivity contribution in [3.63, 3.8) is 0 Å². The van der Waals surface area contributed by atoms with Gasteiger partial charge >= 0.3 is 0 Å². The minimum atomic E-state index is 0.718. The molecule has 1 heterocycles. The summed E-state index contributed by atoms with van der Waals surface area (Å²) in [5.41, 5.74) is 1.94. The fourth-order valence-electron chi connectivity index (χ4n) is 1.99. The summed E-state index contributed by atoms with van der Waals surface area (Å²) in [6.07, 6.45) is 6.57. The Morgan fingerprint density at radius 2 is 1.79 bits per heavy atom. The van der Waals surface area contributed by atoms with Gasteiger partial charge in [-0.1, -0.05) is 12.1 Å². The Balaban J connectivity index is 1.57. The zero-order valence-corrected chi connectivity index (χ0v) is 11.0. The van der Waals surface area contributed by atoms with Crippen molar-refractivity contribution in [3.05, 3.63) is 59.9 Å². The minimum Gasteiger partial charge on any atom is -0.354 e. The lowest BCUT2D eigenvalue weighted by Gasteiger charge is -2.06. The molecule has 3 nitrogen and oxygen atoms in total. The highest BCUT2D eigenvalue weighted by atomic mass is 14.9. The lowest BCUT2D eigenvalue weighted by molar-refractivity contribution is 0.570. The molecule has 1 aromatic heterocycles. The predicted octanol–water partition coefficient (Wildman–Crippen LogP) is 2.93. The number of hydrogen-bond acceptors (Lipinski definition) is 2. The van der Waals surface area contributed by atoms with Gasteiger partial charge in [-0.05, 0) is 49.2 Å². The molecular weight excluding hydrogens is 234 g/mol. The Kier molecular flexibility index (Phi) is 5.21. The molecule has 2 aromatic rings. The topological polar surface area (TPSA) is 40.8 Å². The van der Waals surface area contributed by atoms with Crippen LogP contribution in [0.4, 0.5) is 0 Å². The third kappa shape index (κ3) is 4.61. The SMILES string of the molecule is N#Cc1ccc(CNCCCCn2cccc2)cc1. The van der Waals surface area contributed by atoms with Crippen molar-refractivity contribution in [1.82, 2.24) is 9.88 Å². The van der Waals surface area contributed by atoms with Gasteiger partial charge in [-0.15, -0.1) is 0 Å². The molecule has 1 N–H and O–H groups in total. The van der Waals surface area contributed by atoms with E-state index in [0.717, 1.165) is 25.2 Å². The number of rotatable bonds is 7. The summed E-state index contributed by atoms with van der Waals surface area (Å²) in [5, 5.41) is 12.1. The second-order valence-electron chi connectivity index (χ2n) is 4.61. The lowest BCUT2D eigenvalue weighted by Crippen LogP contribution is -2.15. The molecule has 3 heteroatoms. The molecule has 0 bridgehead atoms. The van der Waals surface area contributed by atoms with E-state index in [9.17, 15) is 0 Å². The molecule has 0 spiro atoms. The van der Waals surface area contributed by atoms with Crippen LogP contribution in [0.3, 0.4) is 0 Å². The summed E-state index contributed by atoms with van der Waals surface area (Å²) in [7, 11) is 0. The maximum absolute atomic E-state index is 8.71. The van der Waals surface area contributed by atoms with Gasteiger partial charge in [0.15, 0.2) is 0 Å². The van der Waals surface area contributed by atoms with Crippen LogP contribution >= 0.6 is 0 Å². The highest BCUT2D eigenvalue weighted by Crippen LogP contribution is 2.03. The molecule has 0 saturated heterocycles. The van der Waals surface area contributed by atoms with Crippen molar-refractivity contribution >= 4 is 0 Å². The van der Waals surface area contributed by atoms with Gasteiger partial charge in [-0.25, -0.2) is 0 Å². The van der Waals surface area contributed by atoms with Crippen LogP contribution in [-0.2, 0) is 13.1 Å².